The van der Waals surface area contributed by atoms with Crippen molar-refractivity contribution in [1.29, 1.82) is 0 Å². The first-order chi connectivity index (χ1) is 9.69. The molecule has 0 fully saturated rings. The van der Waals surface area contributed by atoms with Crippen LogP contribution in [-0.4, -0.2) is 17.6 Å². The number of anilines is 2. The summed E-state index contributed by atoms with van der Waals surface area (Å²) in [6.45, 7) is 4.83. The number of aromatic nitrogens is 1. The Bertz CT molecular complexity index is 528. The Morgan fingerprint density at radius 1 is 1.40 bits per heavy atom. The zero-order chi connectivity index (χ0) is 14.4. The third-order valence-corrected chi connectivity index (χ3v) is 3.71. The summed E-state index contributed by atoms with van der Waals surface area (Å²) in [6.07, 6.45) is 1.92. The van der Waals surface area contributed by atoms with Crippen molar-refractivity contribution in [2.75, 3.05) is 17.7 Å². The minimum Gasteiger partial charge on any atom is -0.476 e. The fraction of sp³-hybridized carbons (Fsp3) is 0.400. The predicted octanol–water partition coefficient (Wildman–Crippen LogP) is 3.56. The summed E-state index contributed by atoms with van der Waals surface area (Å²) in [4.78, 5) is 5.79. The summed E-state index contributed by atoms with van der Waals surface area (Å²) in [5, 5.41) is 5.48. The molecule has 108 valence electrons. The van der Waals surface area contributed by atoms with Gasteiger partial charge in [0.05, 0.1) is 12.3 Å². The van der Waals surface area contributed by atoms with Crippen molar-refractivity contribution >= 4 is 22.8 Å². The second kappa shape index (κ2) is 7.14. The number of nitrogens with two attached hydrogens (primary N) is 1. The second-order valence-electron chi connectivity index (χ2n) is 4.77. The molecule has 0 aromatic carbocycles. The van der Waals surface area contributed by atoms with E-state index in [1.165, 1.54) is 4.88 Å². The smallest absolute Gasteiger partial charge is 0.239 e. The zero-order valence-electron chi connectivity index (χ0n) is 11.9. The first-order valence-electron chi connectivity index (χ1n) is 6.87. The van der Waals surface area contributed by atoms with Crippen LogP contribution in [0.2, 0.25) is 0 Å². The minimum atomic E-state index is 0.309. The van der Waals surface area contributed by atoms with Crippen LogP contribution in [0.3, 0.4) is 0 Å². The molecule has 1 unspecified atom stereocenters. The number of nitrogen functional groups attached to an aromatic ring is 1. The van der Waals surface area contributed by atoms with Crippen molar-refractivity contribution in [3.63, 3.8) is 0 Å². The van der Waals surface area contributed by atoms with E-state index in [4.69, 9.17) is 10.5 Å². The number of hydrogen-bond acceptors (Lipinski definition) is 5. The lowest BCUT2D eigenvalue weighted by molar-refractivity contribution is 0.307. The van der Waals surface area contributed by atoms with Gasteiger partial charge in [-0.3, -0.25) is 0 Å². The number of nitrogens with one attached hydrogen (secondary N) is 1. The van der Waals surface area contributed by atoms with Crippen LogP contribution >= 0.6 is 11.3 Å². The average molecular weight is 291 g/mol. The van der Waals surface area contributed by atoms with Crippen LogP contribution in [0.15, 0.2) is 29.6 Å². The highest BCUT2D eigenvalue weighted by atomic mass is 32.1. The molecule has 5 heteroatoms. The van der Waals surface area contributed by atoms with Crippen LogP contribution in [0, 0.1) is 0 Å². The van der Waals surface area contributed by atoms with Crippen molar-refractivity contribution in [2.45, 2.75) is 32.7 Å². The van der Waals surface area contributed by atoms with Crippen molar-refractivity contribution < 1.29 is 4.74 Å². The molecule has 3 N–H and O–H groups in total. The van der Waals surface area contributed by atoms with E-state index in [9.17, 15) is 0 Å². The van der Waals surface area contributed by atoms with E-state index in [0.29, 0.717) is 24.2 Å². The molecular formula is C15H21N3OS. The van der Waals surface area contributed by atoms with E-state index in [-0.39, 0.29) is 0 Å². The van der Waals surface area contributed by atoms with Crippen LogP contribution < -0.4 is 15.8 Å². The maximum atomic E-state index is 5.86. The lowest BCUT2D eigenvalue weighted by Gasteiger charge is -2.15. The number of ether oxygens (including phenoxy) is 1. The van der Waals surface area contributed by atoms with E-state index < -0.39 is 0 Å². The van der Waals surface area contributed by atoms with E-state index in [2.05, 4.69) is 41.7 Å². The highest BCUT2D eigenvalue weighted by molar-refractivity contribution is 7.09. The highest BCUT2D eigenvalue weighted by Crippen LogP contribution is 2.22. The van der Waals surface area contributed by atoms with Gasteiger partial charge in [-0.25, -0.2) is 0 Å². The average Bonchev–Trinajstić information content (AvgIpc) is 2.92. The van der Waals surface area contributed by atoms with Gasteiger partial charge < -0.3 is 15.8 Å². The first-order valence-corrected chi connectivity index (χ1v) is 7.75. The van der Waals surface area contributed by atoms with Crippen LogP contribution in [-0.2, 0) is 6.42 Å². The van der Waals surface area contributed by atoms with Gasteiger partial charge in [-0.05, 0) is 36.9 Å². The highest BCUT2D eigenvalue weighted by Gasteiger charge is 2.08. The summed E-state index contributed by atoms with van der Waals surface area (Å²) < 4.78 is 5.54. The van der Waals surface area contributed by atoms with Gasteiger partial charge in [-0.2, -0.15) is 4.98 Å². The number of pyridine rings is 1. The standard InChI is InChI=1S/C15H21N3OS/c1-3-8-19-15-13(16)6-7-14(18-15)17-11(2)10-12-5-4-9-20-12/h4-7,9,11H,3,8,10,16H2,1-2H3,(H,17,18). The molecule has 0 aliphatic carbocycles. The third kappa shape index (κ3) is 4.13. The molecule has 2 aromatic rings. The van der Waals surface area contributed by atoms with Gasteiger partial charge in [-0.1, -0.05) is 13.0 Å². The Morgan fingerprint density at radius 3 is 2.95 bits per heavy atom. The maximum Gasteiger partial charge on any atom is 0.239 e. The molecule has 0 radical (unpaired) electrons. The number of thiophene rings is 1. The van der Waals surface area contributed by atoms with E-state index in [0.717, 1.165) is 18.7 Å². The number of rotatable bonds is 7. The van der Waals surface area contributed by atoms with E-state index in [1.807, 2.05) is 12.1 Å². The molecule has 20 heavy (non-hydrogen) atoms. The van der Waals surface area contributed by atoms with Crippen LogP contribution in [0.1, 0.15) is 25.1 Å². The van der Waals surface area contributed by atoms with Crippen molar-refractivity contribution in [1.82, 2.24) is 4.98 Å². The molecule has 0 amide bonds. The summed E-state index contributed by atoms with van der Waals surface area (Å²) >= 11 is 1.77. The molecule has 0 saturated heterocycles. The topological polar surface area (TPSA) is 60.2 Å². The molecule has 0 aliphatic heterocycles. The molecule has 2 heterocycles. The van der Waals surface area contributed by atoms with Gasteiger partial charge in [0.2, 0.25) is 5.88 Å². The van der Waals surface area contributed by atoms with Crippen LogP contribution in [0.5, 0.6) is 5.88 Å². The molecular weight excluding hydrogens is 270 g/mol. The molecule has 2 aromatic heterocycles. The summed E-state index contributed by atoms with van der Waals surface area (Å²) in [7, 11) is 0. The Kier molecular flexibility index (Phi) is 5.24. The molecule has 2 rings (SSSR count). The van der Waals surface area contributed by atoms with Gasteiger partial charge in [0.1, 0.15) is 5.82 Å². The van der Waals surface area contributed by atoms with Crippen LogP contribution in [0.25, 0.3) is 0 Å². The van der Waals surface area contributed by atoms with Crippen molar-refractivity contribution in [2.24, 2.45) is 0 Å². The zero-order valence-corrected chi connectivity index (χ0v) is 12.7. The molecule has 4 nitrogen and oxygen atoms in total. The first kappa shape index (κ1) is 14.7. The second-order valence-corrected chi connectivity index (χ2v) is 5.80. The fourth-order valence-electron chi connectivity index (χ4n) is 1.88. The fourth-order valence-corrected chi connectivity index (χ4v) is 2.72. The Balaban J connectivity index is 1.98. The van der Waals surface area contributed by atoms with E-state index >= 15 is 0 Å². The summed E-state index contributed by atoms with van der Waals surface area (Å²) in [5.74, 6) is 1.31. The normalized spacial score (nSPS) is 12.1. The van der Waals surface area contributed by atoms with Gasteiger partial charge in [0, 0.05) is 17.3 Å². The van der Waals surface area contributed by atoms with Gasteiger partial charge in [0.25, 0.3) is 0 Å². The van der Waals surface area contributed by atoms with Gasteiger partial charge in [-0.15, -0.1) is 11.3 Å². The summed E-state index contributed by atoms with van der Waals surface area (Å²) in [5.41, 5.74) is 6.44. The lowest BCUT2D eigenvalue weighted by atomic mass is 10.2. The maximum absolute atomic E-state index is 5.86. The van der Waals surface area contributed by atoms with Gasteiger partial charge in [0.15, 0.2) is 0 Å². The molecule has 0 saturated carbocycles. The van der Waals surface area contributed by atoms with Crippen molar-refractivity contribution in [3.8, 4) is 5.88 Å². The molecule has 0 aliphatic rings. The van der Waals surface area contributed by atoms with Crippen LogP contribution in [0.4, 0.5) is 11.5 Å². The predicted molar refractivity (Wildman–Crippen MR) is 85.5 cm³/mol. The van der Waals surface area contributed by atoms with Crippen molar-refractivity contribution in [3.05, 3.63) is 34.5 Å². The largest absolute Gasteiger partial charge is 0.476 e. The Morgan fingerprint density at radius 2 is 2.25 bits per heavy atom. The number of nitrogens with zero attached hydrogens (tertiary/aromatic N) is 1. The lowest BCUT2D eigenvalue weighted by Crippen LogP contribution is -2.18. The Labute approximate surface area is 124 Å². The molecule has 0 spiro atoms. The minimum absolute atomic E-state index is 0.309. The molecule has 1 atom stereocenters. The monoisotopic (exact) mass is 291 g/mol. The number of hydrogen-bond donors (Lipinski definition) is 2. The SMILES string of the molecule is CCCOc1nc(NC(C)Cc2cccs2)ccc1N. The molecule has 0 bridgehead atoms. The van der Waals surface area contributed by atoms with Gasteiger partial charge >= 0.3 is 0 Å². The third-order valence-electron chi connectivity index (χ3n) is 2.81. The quantitative estimate of drug-likeness (QED) is 0.819. The van der Waals surface area contributed by atoms with E-state index in [1.54, 1.807) is 11.3 Å². The Hall–Kier alpha value is -1.75. The summed E-state index contributed by atoms with van der Waals surface area (Å²) in [6, 6.07) is 8.25.